The summed E-state index contributed by atoms with van der Waals surface area (Å²) in [5.74, 6) is -1.75. The van der Waals surface area contributed by atoms with Gasteiger partial charge in [-0.2, -0.15) is 0 Å². The summed E-state index contributed by atoms with van der Waals surface area (Å²) in [6.07, 6.45) is 0. The first-order valence-electron chi connectivity index (χ1n) is 9.10. The van der Waals surface area contributed by atoms with Crippen molar-refractivity contribution in [1.82, 2.24) is 14.9 Å². The fourth-order valence-corrected chi connectivity index (χ4v) is 3.45. The summed E-state index contributed by atoms with van der Waals surface area (Å²) in [7, 11) is 0. The second-order valence-electron chi connectivity index (χ2n) is 7.61. The predicted molar refractivity (Wildman–Crippen MR) is 115 cm³/mol. The van der Waals surface area contributed by atoms with E-state index in [1.807, 2.05) is 20.8 Å². The molecule has 3 aromatic rings. The van der Waals surface area contributed by atoms with Crippen molar-refractivity contribution >= 4 is 40.6 Å². The molecule has 1 N–H and O–H groups in total. The van der Waals surface area contributed by atoms with Crippen LogP contribution in [0.1, 0.15) is 42.9 Å². The lowest BCUT2D eigenvalue weighted by Gasteiger charge is -2.33. The number of halogens is 2. The van der Waals surface area contributed by atoms with E-state index in [0.29, 0.717) is 10.6 Å². The third-order valence-electron chi connectivity index (χ3n) is 4.10. The van der Waals surface area contributed by atoms with Crippen molar-refractivity contribution in [2.75, 3.05) is 4.90 Å². The molecule has 0 saturated carbocycles. The molecule has 2 amide bonds. The molecule has 1 aromatic heterocycles. The van der Waals surface area contributed by atoms with Crippen LogP contribution in [0.5, 0.6) is 0 Å². The first kappa shape index (κ1) is 21.9. The Balaban J connectivity index is 2.19. The molecule has 1 heterocycles. The minimum atomic E-state index is -1.16. The molecule has 0 bridgehead atoms. The topological polar surface area (TPSA) is 75.2 Å². The molecular weight excluding hydrogens is 427 g/mol. The smallest absolute Gasteiger partial charge is 0.280 e. The number of benzene rings is 2. The number of aromatic nitrogens is 2. The maximum absolute atomic E-state index is 14.8. The summed E-state index contributed by atoms with van der Waals surface area (Å²) in [6.45, 7) is 5.47. The summed E-state index contributed by atoms with van der Waals surface area (Å²) < 4.78 is 18.5. The van der Waals surface area contributed by atoms with Crippen LogP contribution >= 0.6 is 23.1 Å². The Morgan fingerprint density at radius 3 is 2.37 bits per heavy atom. The van der Waals surface area contributed by atoms with E-state index in [9.17, 15) is 14.0 Å². The average molecular weight is 447 g/mol. The van der Waals surface area contributed by atoms with Crippen molar-refractivity contribution in [2.24, 2.45) is 0 Å². The molecule has 1 atom stereocenters. The van der Waals surface area contributed by atoms with Gasteiger partial charge in [0.05, 0.1) is 5.69 Å². The number of hydrogen-bond donors (Lipinski definition) is 1. The van der Waals surface area contributed by atoms with Gasteiger partial charge in [0.1, 0.15) is 11.9 Å². The highest BCUT2D eigenvalue weighted by molar-refractivity contribution is 7.03. The van der Waals surface area contributed by atoms with Gasteiger partial charge in [0, 0.05) is 15.9 Å². The number of anilines is 1. The van der Waals surface area contributed by atoms with Crippen LogP contribution in [0.4, 0.5) is 10.1 Å². The van der Waals surface area contributed by atoms with Crippen LogP contribution in [0.2, 0.25) is 5.02 Å². The van der Waals surface area contributed by atoms with Gasteiger partial charge >= 0.3 is 0 Å². The number of nitrogens with one attached hydrogen (secondary N) is 1. The zero-order valence-electron chi connectivity index (χ0n) is 16.6. The lowest BCUT2D eigenvalue weighted by Crippen LogP contribution is -2.49. The molecular formula is C21H20ClFN4O2S. The average Bonchev–Trinajstić information content (AvgIpc) is 3.21. The Kier molecular flexibility index (Phi) is 6.48. The van der Waals surface area contributed by atoms with Gasteiger partial charge in [-0.1, -0.05) is 40.4 Å². The van der Waals surface area contributed by atoms with Gasteiger partial charge in [-0.25, -0.2) is 4.39 Å². The van der Waals surface area contributed by atoms with E-state index in [0.717, 1.165) is 16.4 Å². The largest absolute Gasteiger partial charge is 0.349 e. The zero-order valence-corrected chi connectivity index (χ0v) is 18.2. The van der Waals surface area contributed by atoms with Gasteiger partial charge in [0.15, 0.2) is 5.69 Å². The molecule has 156 valence electrons. The van der Waals surface area contributed by atoms with E-state index >= 15 is 0 Å². The fourth-order valence-electron chi connectivity index (χ4n) is 2.89. The summed E-state index contributed by atoms with van der Waals surface area (Å²) in [5.41, 5.74) is -0.125. The van der Waals surface area contributed by atoms with Gasteiger partial charge in [-0.3, -0.25) is 14.5 Å². The highest BCUT2D eigenvalue weighted by atomic mass is 35.5. The summed E-state index contributed by atoms with van der Waals surface area (Å²) in [4.78, 5) is 27.8. The molecule has 0 aliphatic rings. The van der Waals surface area contributed by atoms with Crippen LogP contribution in [0.15, 0.2) is 53.9 Å². The first-order valence-corrected chi connectivity index (χ1v) is 10.3. The fraction of sp³-hybridized carbons (Fsp3) is 0.238. The van der Waals surface area contributed by atoms with Crippen LogP contribution in [0, 0.1) is 5.82 Å². The van der Waals surface area contributed by atoms with Crippen molar-refractivity contribution in [3.63, 3.8) is 0 Å². The maximum atomic E-state index is 14.8. The number of nitrogens with zero attached hydrogens (tertiary/aromatic N) is 3. The quantitative estimate of drug-likeness (QED) is 0.619. The van der Waals surface area contributed by atoms with E-state index in [4.69, 9.17) is 11.6 Å². The van der Waals surface area contributed by atoms with Crippen LogP contribution in [-0.4, -0.2) is 26.9 Å². The lowest BCUT2D eigenvalue weighted by atomic mass is 10.0. The van der Waals surface area contributed by atoms with Crippen LogP contribution < -0.4 is 10.2 Å². The van der Waals surface area contributed by atoms with E-state index < -0.39 is 29.2 Å². The number of carbonyl (C=O) groups is 2. The van der Waals surface area contributed by atoms with Crippen molar-refractivity contribution in [3.8, 4) is 0 Å². The van der Waals surface area contributed by atoms with Crippen LogP contribution in [-0.2, 0) is 4.79 Å². The Bertz CT molecular complexity index is 1040. The van der Waals surface area contributed by atoms with Gasteiger partial charge in [-0.05, 0) is 62.1 Å². The minimum absolute atomic E-state index is 0.0192. The number of para-hydroxylation sites is 1. The Hall–Kier alpha value is -2.84. The molecule has 30 heavy (non-hydrogen) atoms. The van der Waals surface area contributed by atoms with E-state index in [1.54, 1.807) is 30.3 Å². The number of hydrogen-bond acceptors (Lipinski definition) is 5. The minimum Gasteiger partial charge on any atom is -0.349 e. The molecule has 0 saturated heterocycles. The SMILES string of the molecule is CC(C)(C)NC(=O)[C@@H](c1ccc(Cl)cc1)N(C(=O)c1csnn1)c1ccccc1F. The molecule has 0 aliphatic heterocycles. The number of rotatable bonds is 5. The molecule has 0 spiro atoms. The summed E-state index contributed by atoms with van der Waals surface area (Å²) >= 11 is 7.00. The summed E-state index contributed by atoms with van der Waals surface area (Å²) in [5, 5.41) is 8.63. The Morgan fingerprint density at radius 1 is 1.13 bits per heavy atom. The van der Waals surface area contributed by atoms with E-state index in [-0.39, 0.29) is 11.4 Å². The maximum Gasteiger partial charge on any atom is 0.280 e. The monoisotopic (exact) mass is 446 g/mol. The molecule has 0 aliphatic carbocycles. The van der Waals surface area contributed by atoms with Gasteiger partial charge < -0.3 is 5.32 Å². The van der Waals surface area contributed by atoms with Gasteiger partial charge in [-0.15, -0.1) is 5.10 Å². The van der Waals surface area contributed by atoms with Gasteiger partial charge in [0.25, 0.3) is 5.91 Å². The standard InChI is InChI=1S/C21H20ClFN4O2S/c1-21(2,3)24-19(28)18(13-8-10-14(22)11-9-13)27(17-7-5-4-6-15(17)23)20(29)16-12-30-26-25-16/h4-12,18H,1-3H3,(H,24,28)/t18-/m1/s1. The van der Waals surface area contributed by atoms with Crippen molar-refractivity contribution in [3.05, 3.63) is 76.0 Å². The van der Waals surface area contributed by atoms with Gasteiger partial charge in [0.2, 0.25) is 5.91 Å². The number of carbonyl (C=O) groups excluding carboxylic acids is 2. The summed E-state index contributed by atoms with van der Waals surface area (Å²) in [6, 6.07) is 11.1. The highest BCUT2D eigenvalue weighted by Gasteiger charge is 2.36. The predicted octanol–water partition coefficient (Wildman–Crippen LogP) is 4.63. The second-order valence-corrected chi connectivity index (χ2v) is 8.66. The molecule has 2 aromatic carbocycles. The second kappa shape index (κ2) is 8.89. The highest BCUT2D eigenvalue weighted by Crippen LogP contribution is 2.32. The first-order chi connectivity index (χ1) is 14.2. The molecule has 3 rings (SSSR count). The molecule has 0 unspecified atom stereocenters. The van der Waals surface area contributed by atoms with Crippen molar-refractivity contribution < 1.29 is 14.0 Å². The van der Waals surface area contributed by atoms with Crippen LogP contribution in [0.25, 0.3) is 0 Å². The molecule has 0 fully saturated rings. The van der Waals surface area contributed by atoms with Crippen LogP contribution in [0.3, 0.4) is 0 Å². The van der Waals surface area contributed by atoms with E-state index in [2.05, 4.69) is 14.9 Å². The normalized spacial score (nSPS) is 12.3. The molecule has 0 radical (unpaired) electrons. The lowest BCUT2D eigenvalue weighted by molar-refractivity contribution is -0.123. The Labute approximate surface area is 182 Å². The zero-order chi connectivity index (χ0) is 21.9. The van der Waals surface area contributed by atoms with Crippen molar-refractivity contribution in [1.29, 1.82) is 0 Å². The third kappa shape index (κ3) is 5.01. The number of amides is 2. The molecule has 6 nitrogen and oxygen atoms in total. The van der Waals surface area contributed by atoms with Crippen molar-refractivity contribution in [2.45, 2.75) is 32.4 Å². The van der Waals surface area contributed by atoms with E-state index in [1.165, 1.54) is 23.6 Å². The third-order valence-corrected chi connectivity index (χ3v) is 4.86. The Morgan fingerprint density at radius 2 is 1.80 bits per heavy atom. The molecule has 9 heteroatoms.